The van der Waals surface area contributed by atoms with Gasteiger partial charge in [0.05, 0.1) is 12.7 Å². The van der Waals surface area contributed by atoms with E-state index in [0.717, 1.165) is 17.5 Å². The number of carbonyl (C=O) groups is 1. The first kappa shape index (κ1) is 14.4. The Kier molecular flexibility index (Phi) is 4.87. The van der Waals surface area contributed by atoms with Gasteiger partial charge in [-0.25, -0.2) is 18.1 Å². The van der Waals surface area contributed by atoms with Crippen LogP contribution in [0.5, 0.6) is 0 Å². The van der Waals surface area contributed by atoms with Crippen molar-refractivity contribution in [2.75, 3.05) is 20.1 Å². The molecule has 0 aliphatic carbocycles. The lowest BCUT2D eigenvalue weighted by Crippen LogP contribution is -2.37. The van der Waals surface area contributed by atoms with Crippen LogP contribution >= 0.6 is 22.9 Å². The van der Waals surface area contributed by atoms with E-state index in [4.69, 9.17) is 11.6 Å². The molecule has 6 nitrogen and oxygen atoms in total. The Balaban J connectivity index is 2.66. The number of halogens is 1. The molecule has 0 aliphatic heterocycles. The van der Waals surface area contributed by atoms with E-state index in [1.165, 1.54) is 4.90 Å². The van der Waals surface area contributed by atoms with Gasteiger partial charge in [0, 0.05) is 13.6 Å². The van der Waals surface area contributed by atoms with Gasteiger partial charge < -0.3 is 4.90 Å². The third-order valence-electron chi connectivity index (χ3n) is 2.03. The van der Waals surface area contributed by atoms with Gasteiger partial charge in [-0.3, -0.25) is 4.79 Å². The summed E-state index contributed by atoms with van der Waals surface area (Å²) in [6, 6.07) is 0. The molecule has 0 aliphatic rings. The smallest absolute Gasteiger partial charge is 0.252 e. The van der Waals surface area contributed by atoms with E-state index in [0.29, 0.717) is 6.54 Å². The number of rotatable bonds is 5. The van der Waals surface area contributed by atoms with E-state index in [2.05, 4.69) is 9.71 Å². The highest BCUT2D eigenvalue weighted by atomic mass is 35.5. The molecule has 1 aromatic rings. The first-order valence-electron chi connectivity index (χ1n) is 4.71. The SMILES string of the molecule is CCN(C)C(=O)CNS(=O)(=O)c1cnc(Cl)s1. The summed E-state index contributed by atoms with van der Waals surface area (Å²) >= 11 is 6.38. The van der Waals surface area contributed by atoms with Crippen LogP contribution in [0.3, 0.4) is 0 Å². The van der Waals surface area contributed by atoms with E-state index in [1.807, 2.05) is 0 Å². The summed E-state index contributed by atoms with van der Waals surface area (Å²) in [6.45, 7) is 2.05. The number of likely N-dealkylation sites (N-methyl/N-ethyl adjacent to an activating group) is 1. The van der Waals surface area contributed by atoms with Crippen molar-refractivity contribution in [2.45, 2.75) is 11.1 Å². The predicted octanol–water partition coefficient (Wildman–Crippen LogP) is 0.553. The van der Waals surface area contributed by atoms with Gasteiger partial charge in [-0.2, -0.15) is 0 Å². The molecule has 0 fully saturated rings. The summed E-state index contributed by atoms with van der Waals surface area (Å²) in [5.41, 5.74) is 0. The number of amides is 1. The lowest BCUT2D eigenvalue weighted by Gasteiger charge is -2.14. The minimum atomic E-state index is -3.70. The summed E-state index contributed by atoms with van der Waals surface area (Å²) < 4.78 is 25.7. The lowest BCUT2D eigenvalue weighted by molar-refractivity contribution is -0.128. The summed E-state index contributed by atoms with van der Waals surface area (Å²) in [6.07, 6.45) is 1.16. The predicted molar refractivity (Wildman–Crippen MR) is 65.6 cm³/mol. The second kappa shape index (κ2) is 5.76. The molecular formula is C8H12ClN3O3S2. The van der Waals surface area contributed by atoms with Crippen molar-refractivity contribution in [3.05, 3.63) is 10.7 Å². The van der Waals surface area contributed by atoms with E-state index >= 15 is 0 Å². The Morgan fingerprint density at radius 3 is 2.76 bits per heavy atom. The van der Waals surface area contributed by atoms with Crippen LogP contribution < -0.4 is 4.72 Å². The largest absolute Gasteiger partial charge is 0.345 e. The topological polar surface area (TPSA) is 79.4 Å². The van der Waals surface area contributed by atoms with Crippen LogP contribution in [0.4, 0.5) is 0 Å². The molecule has 0 saturated carbocycles. The van der Waals surface area contributed by atoms with Crippen molar-refractivity contribution in [1.29, 1.82) is 0 Å². The van der Waals surface area contributed by atoms with E-state index in [1.54, 1.807) is 14.0 Å². The third kappa shape index (κ3) is 3.91. The summed E-state index contributed by atoms with van der Waals surface area (Å²) in [4.78, 5) is 16.5. The monoisotopic (exact) mass is 297 g/mol. The molecule has 1 N–H and O–H groups in total. The fourth-order valence-corrected chi connectivity index (χ4v) is 3.21. The van der Waals surface area contributed by atoms with Crippen molar-refractivity contribution < 1.29 is 13.2 Å². The van der Waals surface area contributed by atoms with Gasteiger partial charge in [0.25, 0.3) is 10.0 Å². The summed E-state index contributed by atoms with van der Waals surface area (Å²) in [5.74, 6) is -0.299. The average molecular weight is 298 g/mol. The Hall–Kier alpha value is -0.700. The second-order valence-electron chi connectivity index (χ2n) is 3.16. The Morgan fingerprint density at radius 1 is 1.65 bits per heavy atom. The number of hydrogen-bond donors (Lipinski definition) is 1. The summed E-state index contributed by atoms with van der Waals surface area (Å²) in [7, 11) is -2.10. The first-order chi connectivity index (χ1) is 7.86. The van der Waals surface area contributed by atoms with Crippen molar-refractivity contribution in [3.8, 4) is 0 Å². The van der Waals surface area contributed by atoms with Crippen molar-refractivity contribution in [2.24, 2.45) is 0 Å². The first-order valence-corrected chi connectivity index (χ1v) is 7.39. The number of aromatic nitrogens is 1. The number of carbonyl (C=O) groups excluding carboxylic acids is 1. The van der Waals surface area contributed by atoms with Gasteiger partial charge in [-0.15, -0.1) is 0 Å². The molecule has 1 rings (SSSR count). The highest BCUT2D eigenvalue weighted by Gasteiger charge is 2.19. The van der Waals surface area contributed by atoms with Crippen molar-refractivity contribution >= 4 is 38.9 Å². The number of hydrogen-bond acceptors (Lipinski definition) is 5. The van der Waals surface area contributed by atoms with Crippen LogP contribution in [0.1, 0.15) is 6.92 Å². The zero-order valence-corrected chi connectivity index (χ0v) is 11.7. The van der Waals surface area contributed by atoms with Gasteiger partial charge in [0.2, 0.25) is 5.91 Å². The van der Waals surface area contributed by atoms with Gasteiger partial charge >= 0.3 is 0 Å². The van der Waals surface area contributed by atoms with Crippen LogP contribution in [0.2, 0.25) is 4.47 Å². The molecule has 1 heterocycles. The number of nitrogens with zero attached hydrogens (tertiary/aromatic N) is 2. The molecule has 0 atom stereocenters. The molecule has 17 heavy (non-hydrogen) atoms. The highest BCUT2D eigenvalue weighted by Crippen LogP contribution is 2.21. The molecule has 1 amide bonds. The van der Waals surface area contributed by atoms with Gasteiger partial charge in [-0.05, 0) is 6.92 Å². The zero-order valence-electron chi connectivity index (χ0n) is 9.31. The van der Waals surface area contributed by atoms with Crippen LogP contribution in [-0.4, -0.2) is 44.3 Å². The Labute approximate surface area is 109 Å². The molecule has 1 aromatic heterocycles. The summed E-state index contributed by atoms with van der Waals surface area (Å²) in [5, 5.41) is 0. The van der Waals surface area contributed by atoms with Gasteiger partial charge in [0.1, 0.15) is 0 Å². The number of nitrogens with one attached hydrogen (secondary N) is 1. The van der Waals surface area contributed by atoms with E-state index in [-0.39, 0.29) is 21.1 Å². The number of sulfonamides is 1. The third-order valence-corrected chi connectivity index (χ3v) is 5.01. The zero-order chi connectivity index (χ0) is 13.1. The molecule has 0 unspecified atom stereocenters. The minimum absolute atomic E-state index is 0.00514. The van der Waals surface area contributed by atoms with Crippen molar-refractivity contribution in [3.63, 3.8) is 0 Å². The molecule has 0 saturated heterocycles. The minimum Gasteiger partial charge on any atom is -0.345 e. The Morgan fingerprint density at radius 2 is 2.29 bits per heavy atom. The maximum absolute atomic E-state index is 11.7. The standard InChI is InChI=1S/C8H12ClN3O3S2/c1-3-12(2)6(13)4-11-17(14,15)7-5-10-8(9)16-7/h5,11H,3-4H2,1-2H3. The quantitative estimate of drug-likeness (QED) is 0.861. The van der Waals surface area contributed by atoms with Crippen molar-refractivity contribution in [1.82, 2.24) is 14.6 Å². The fourth-order valence-electron chi connectivity index (χ4n) is 0.903. The van der Waals surface area contributed by atoms with Crippen LogP contribution in [0.15, 0.2) is 10.4 Å². The maximum atomic E-state index is 11.7. The van der Waals surface area contributed by atoms with E-state index in [9.17, 15) is 13.2 Å². The molecular weight excluding hydrogens is 286 g/mol. The van der Waals surface area contributed by atoms with E-state index < -0.39 is 10.0 Å². The fraction of sp³-hybridized carbons (Fsp3) is 0.500. The Bertz CT molecular complexity index is 500. The average Bonchev–Trinajstić information content (AvgIpc) is 2.72. The highest BCUT2D eigenvalue weighted by molar-refractivity contribution is 7.91. The lowest BCUT2D eigenvalue weighted by atomic mass is 10.5. The molecule has 0 bridgehead atoms. The molecule has 0 aromatic carbocycles. The van der Waals surface area contributed by atoms with Gasteiger partial charge in [0.15, 0.2) is 8.68 Å². The normalized spacial score (nSPS) is 11.5. The molecule has 9 heteroatoms. The van der Waals surface area contributed by atoms with Crippen LogP contribution in [0, 0.1) is 0 Å². The van der Waals surface area contributed by atoms with Gasteiger partial charge in [-0.1, -0.05) is 22.9 Å². The number of thiazole rings is 1. The maximum Gasteiger partial charge on any atom is 0.252 e. The van der Waals surface area contributed by atoms with Crippen LogP contribution in [-0.2, 0) is 14.8 Å². The molecule has 96 valence electrons. The molecule has 0 spiro atoms. The second-order valence-corrected chi connectivity index (χ2v) is 6.77. The molecule has 0 radical (unpaired) electrons. The van der Waals surface area contributed by atoms with Crippen LogP contribution in [0.25, 0.3) is 0 Å².